The van der Waals surface area contributed by atoms with E-state index < -0.39 is 0 Å². The minimum Gasteiger partial charge on any atom is -0.328 e. The molecular formula is C19H36N2O2+2. The molecule has 1 spiro atoms. The minimum absolute atomic E-state index is 0.312. The van der Waals surface area contributed by atoms with E-state index in [0.29, 0.717) is 17.9 Å². The van der Waals surface area contributed by atoms with Crippen LogP contribution < -0.4 is 0 Å². The maximum atomic E-state index is 6.39. The molecule has 4 heteroatoms. The first-order chi connectivity index (χ1) is 11.0. The average molecular weight is 325 g/mol. The number of hydrogen-bond donors (Lipinski definition) is 0. The predicted octanol–water partition coefficient (Wildman–Crippen LogP) is 2.73. The lowest BCUT2D eigenvalue weighted by Crippen LogP contribution is -2.55. The van der Waals surface area contributed by atoms with Gasteiger partial charge >= 0.3 is 0 Å². The summed E-state index contributed by atoms with van der Waals surface area (Å²) in [4.78, 5) is 0. The first-order valence-corrected chi connectivity index (χ1v) is 9.96. The first kappa shape index (κ1) is 16.3. The van der Waals surface area contributed by atoms with Gasteiger partial charge in [0.2, 0.25) is 0 Å². The summed E-state index contributed by atoms with van der Waals surface area (Å²) in [6.45, 7) is 7.08. The fourth-order valence-corrected chi connectivity index (χ4v) is 5.61. The lowest BCUT2D eigenvalue weighted by Gasteiger charge is -2.42. The van der Waals surface area contributed by atoms with Gasteiger partial charge in [-0.05, 0) is 38.5 Å². The zero-order chi connectivity index (χ0) is 16.0. The summed E-state index contributed by atoms with van der Waals surface area (Å²) in [5, 5.41) is 0. The molecule has 0 amide bonds. The number of ether oxygens (including phenoxy) is 2. The highest BCUT2D eigenvalue weighted by Crippen LogP contribution is 2.47. The summed E-state index contributed by atoms with van der Waals surface area (Å²) in [6, 6.07) is 0. The molecule has 4 heterocycles. The molecule has 132 valence electrons. The summed E-state index contributed by atoms with van der Waals surface area (Å²) in [7, 11) is 4.85. The van der Waals surface area contributed by atoms with Gasteiger partial charge in [0.15, 0.2) is 12.5 Å². The van der Waals surface area contributed by atoms with Crippen LogP contribution in [0.15, 0.2) is 0 Å². The molecule has 0 aliphatic carbocycles. The molecule has 2 atom stereocenters. The normalized spacial score (nSPS) is 43.0. The Hall–Kier alpha value is -0.160. The molecule has 4 aliphatic heterocycles. The summed E-state index contributed by atoms with van der Waals surface area (Å²) >= 11 is 0. The fraction of sp³-hybridized carbons (Fsp3) is 1.00. The number of hydrogen-bond acceptors (Lipinski definition) is 2. The van der Waals surface area contributed by atoms with Gasteiger partial charge < -0.3 is 18.4 Å². The van der Waals surface area contributed by atoms with Crippen molar-refractivity contribution in [3.05, 3.63) is 0 Å². The van der Waals surface area contributed by atoms with E-state index in [1.165, 1.54) is 77.5 Å². The second kappa shape index (κ2) is 5.98. The Morgan fingerprint density at radius 2 is 1.04 bits per heavy atom. The fourth-order valence-electron chi connectivity index (χ4n) is 5.61. The van der Waals surface area contributed by atoms with E-state index >= 15 is 0 Å². The monoisotopic (exact) mass is 324 g/mol. The van der Waals surface area contributed by atoms with Crippen molar-refractivity contribution in [3.8, 4) is 0 Å². The lowest BCUT2D eigenvalue weighted by molar-refractivity contribution is -0.957. The summed E-state index contributed by atoms with van der Waals surface area (Å²) in [5.41, 5.74) is 0.312. The topological polar surface area (TPSA) is 18.5 Å². The van der Waals surface area contributed by atoms with Gasteiger partial charge in [0, 0.05) is 18.3 Å². The second-order valence-corrected chi connectivity index (χ2v) is 9.41. The van der Waals surface area contributed by atoms with Crippen LogP contribution >= 0.6 is 0 Å². The Labute approximate surface area is 141 Å². The molecule has 4 rings (SSSR count). The van der Waals surface area contributed by atoms with Gasteiger partial charge in [-0.15, -0.1) is 0 Å². The molecule has 4 fully saturated rings. The standard InChI is InChI=1S/C19H36N2O2/c1-20(9-5-3-6-10-20)17-13-19(15-22-17)14-18(23-16-19)21(2)11-7-4-8-12-21/h17-18H,3-16H2,1-2H3/q+2. The molecule has 0 radical (unpaired) electrons. The highest BCUT2D eigenvalue weighted by Gasteiger charge is 2.56. The third kappa shape index (κ3) is 2.97. The quantitative estimate of drug-likeness (QED) is 0.727. The third-order valence-electron chi connectivity index (χ3n) is 7.45. The summed E-state index contributed by atoms with van der Waals surface area (Å²) in [6.07, 6.45) is 11.6. The number of rotatable bonds is 2. The van der Waals surface area contributed by atoms with Crippen molar-refractivity contribution in [2.75, 3.05) is 53.5 Å². The van der Waals surface area contributed by atoms with Crippen LogP contribution in [0.25, 0.3) is 0 Å². The van der Waals surface area contributed by atoms with Crippen LogP contribution in [0.3, 0.4) is 0 Å². The van der Waals surface area contributed by atoms with Gasteiger partial charge in [-0.3, -0.25) is 0 Å². The van der Waals surface area contributed by atoms with E-state index in [-0.39, 0.29) is 0 Å². The number of quaternary nitrogens is 2. The molecule has 0 saturated carbocycles. The van der Waals surface area contributed by atoms with Crippen LogP contribution in [0.1, 0.15) is 51.4 Å². The average Bonchev–Trinajstić information content (AvgIpc) is 3.18. The van der Waals surface area contributed by atoms with Crippen molar-refractivity contribution in [1.29, 1.82) is 0 Å². The molecule has 23 heavy (non-hydrogen) atoms. The molecule has 4 saturated heterocycles. The smallest absolute Gasteiger partial charge is 0.193 e. The van der Waals surface area contributed by atoms with E-state index in [1.807, 2.05) is 0 Å². The predicted molar refractivity (Wildman–Crippen MR) is 90.7 cm³/mol. The van der Waals surface area contributed by atoms with Gasteiger partial charge in [0.1, 0.15) is 0 Å². The molecule has 4 aliphatic rings. The molecule has 0 aromatic heterocycles. The Morgan fingerprint density at radius 3 is 1.43 bits per heavy atom. The zero-order valence-corrected chi connectivity index (χ0v) is 15.3. The van der Waals surface area contributed by atoms with Gasteiger partial charge in [-0.2, -0.15) is 0 Å². The number of piperidine rings is 2. The van der Waals surface area contributed by atoms with Crippen LogP contribution in [-0.4, -0.2) is 74.9 Å². The summed E-state index contributed by atoms with van der Waals surface area (Å²) in [5.74, 6) is 0. The summed E-state index contributed by atoms with van der Waals surface area (Å²) < 4.78 is 15.1. The Kier molecular flexibility index (Phi) is 4.24. The Morgan fingerprint density at radius 1 is 0.652 bits per heavy atom. The van der Waals surface area contributed by atoms with Crippen LogP contribution in [0.4, 0.5) is 0 Å². The van der Waals surface area contributed by atoms with Gasteiger partial charge in [0.25, 0.3) is 0 Å². The van der Waals surface area contributed by atoms with E-state index in [9.17, 15) is 0 Å². The highest BCUT2D eigenvalue weighted by atomic mass is 16.5. The van der Waals surface area contributed by atoms with Gasteiger partial charge in [0.05, 0.1) is 53.5 Å². The van der Waals surface area contributed by atoms with Gasteiger partial charge in [-0.25, -0.2) is 0 Å². The molecule has 2 unspecified atom stereocenters. The largest absolute Gasteiger partial charge is 0.328 e. The SMILES string of the molecule is C[N+]1(C2CC3(CO2)COC([N+]2(C)CCCCC2)C3)CCCCC1. The van der Waals surface area contributed by atoms with Crippen LogP contribution in [0.2, 0.25) is 0 Å². The van der Waals surface area contributed by atoms with Crippen LogP contribution in [0, 0.1) is 5.41 Å². The van der Waals surface area contributed by atoms with Crippen molar-refractivity contribution in [3.63, 3.8) is 0 Å². The van der Waals surface area contributed by atoms with E-state index in [0.717, 1.165) is 22.2 Å². The minimum atomic E-state index is 0.312. The van der Waals surface area contributed by atoms with E-state index in [4.69, 9.17) is 9.47 Å². The van der Waals surface area contributed by atoms with Crippen LogP contribution in [-0.2, 0) is 9.47 Å². The van der Waals surface area contributed by atoms with E-state index in [2.05, 4.69) is 14.1 Å². The molecule has 4 nitrogen and oxygen atoms in total. The molecule has 0 bridgehead atoms. The van der Waals surface area contributed by atoms with Crippen molar-refractivity contribution < 1.29 is 18.4 Å². The molecule has 0 aromatic rings. The molecule has 0 aromatic carbocycles. The maximum absolute atomic E-state index is 6.39. The number of nitrogens with zero attached hydrogens (tertiary/aromatic N) is 2. The zero-order valence-electron chi connectivity index (χ0n) is 15.3. The highest BCUT2D eigenvalue weighted by molar-refractivity contribution is 4.91. The van der Waals surface area contributed by atoms with Gasteiger partial charge in [-0.1, -0.05) is 0 Å². The molecular weight excluding hydrogens is 288 g/mol. The lowest BCUT2D eigenvalue weighted by atomic mass is 9.84. The van der Waals surface area contributed by atoms with Crippen molar-refractivity contribution in [2.24, 2.45) is 5.41 Å². The number of likely N-dealkylation sites (tertiary alicyclic amines) is 2. The Bertz CT molecular complexity index is 387. The molecule has 0 N–H and O–H groups in total. The second-order valence-electron chi connectivity index (χ2n) is 9.41. The van der Waals surface area contributed by atoms with Crippen molar-refractivity contribution in [1.82, 2.24) is 0 Å². The van der Waals surface area contributed by atoms with Crippen molar-refractivity contribution >= 4 is 0 Å². The maximum Gasteiger partial charge on any atom is 0.193 e. The van der Waals surface area contributed by atoms with E-state index in [1.54, 1.807) is 0 Å². The van der Waals surface area contributed by atoms with Crippen LogP contribution in [0.5, 0.6) is 0 Å². The Balaban J connectivity index is 1.41. The first-order valence-electron chi connectivity index (χ1n) is 9.96. The third-order valence-corrected chi connectivity index (χ3v) is 7.45. The van der Waals surface area contributed by atoms with Crippen molar-refractivity contribution in [2.45, 2.75) is 63.8 Å².